The van der Waals surface area contributed by atoms with E-state index in [0.29, 0.717) is 12.1 Å². The number of phenols is 1. The van der Waals surface area contributed by atoms with Crippen LogP contribution < -0.4 is 5.69 Å². The SMILES string of the molecule is Cc1ccccc1Cn1c(=O)[nH]c2cc(O)ccc21. The van der Waals surface area contributed by atoms with Crippen LogP contribution in [0.1, 0.15) is 11.1 Å². The molecular formula is C15H14N2O2. The van der Waals surface area contributed by atoms with Crippen molar-refractivity contribution < 1.29 is 5.11 Å². The number of aryl methyl sites for hydroxylation is 1. The number of aromatic nitrogens is 2. The van der Waals surface area contributed by atoms with Crippen molar-refractivity contribution >= 4 is 11.0 Å². The second-order valence-electron chi connectivity index (χ2n) is 4.64. The number of benzene rings is 2. The topological polar surface area (TPSA) is 58.0 Å². The lowest BCUT2D eigenvalue weighted by Gasteiger charge is -2.06. The summed E-state index contributed by atoms with van der Waals surface area (Å²) in [6.45, 7) is 2.55. The van der Waals surface area contributed by atoms with E-state index in [0.717, 1.165) is 16.6 Å². The van der Waals surface area contributed by atoms with Crippen molar-refractivity contribution in [2.75, 3.05) is 0 Å². The monoisotopic (exact) mass is 254 g/mol. The van der Waals surface area contributed by atoms with E-state index in [1.807, 2.05) is 31.2 Å². The van der Waals surface area contributed by atoms with Gasteiger partial charge in [-0.1, -0.05) is 24.3 Å². The second kappa shape index (κ2) is 4.31. The van der Waals surface area contributed by atoms with Gasteiger partial charge < -0.3 is 10.1 Å². The highest BCUT2D eigenvalue weighted by molar-refractivity contribution is 5.76. The standard InChI is InChI=1S/C15H14N2O2/c1-10-4-2-3-5-11(10)9-17-14-7-6-12(18)8-13(14)16-15(17)19/h2-8,18H,9H2,1H3,(H,16,19). The Labute approximate surface area is 109 Å². The van der Waals surface area contributed by atoms with Crippen molar-refractivity contribution in [3.05, 3.63) is 64.1 Å². The Morgan fingerprint density at radius 1 is 1.21 bits per heavy atom. The predicted molar refractivity (Wildman–Crippen MR) is 74.5 cm³/mol. The fourth-order valence-corrected chi connectivity index (χ4v) is 2.27. The van der Waals surface area contributed by atoms with Gasteiger partial charge in [0.05, 0.1) is 17.6 Å². The van der Waals surface area contributed by atoms with Gasteiger partial charge in [0, 0.05) is 6.07 Å². The molecule has 0 bridgehead atoms. The Kier molecular flexibility index (Phi) is 2.63. The first-order chi connectivity index (χ1) is 9.15. The number of phenolic OH excluding ortho intramolecular Hbond substituents is 1. The maximum atomic E-state index is 12.0. The molecule has 0 radical (unpaired) electrons. The average Bonchev–Trinajstić information content (AvgIpc) is 2.68. The van der Waals surface area contributed by atoms with Crippen LogP contribution in [0.15, 0.2) is 47.3 Å². The summed E-state index contributed by atoms with van der Waals surface area (Å²) in [6.07, 6.45) is 0. The molecule has 0 atom stereocenters. The molecule has 3 rings (SSSR count). The molecule has 1 heterocycles. The third kappa shape index (κ3) is 2.01. The highest BCUT2D eigenvalue weighted by atomic mass is 16.3. The van der Waals surface area contributed by atoms with Crippen LogP contribution in [-0.2, 0) is 6.54 Å². The Hall–Kier alpha value is -2.49. The average molecular weight is 254 g/mol. The Morgan fingerprint density at radius 2 is 2.00 bits per heavy atom. The first kappa shape index (κ1) is 11.6. The number of nitrogens with one attached hydrogen (secondary N) is 1. The molecule has 0 spiro atoms. The summed E-state index contributed by atoms with van der Waals surface area (Å²) in [4.78, 5) is 14.7. The lowest BCUT2D eigenvalue weighted by Crippen LogP contribution is -2.17. The lowest BCUT2D eigenvalue weighted by atomic mass is 10.1. The van der Waals surface area contributed by atoms with Crippen LogP contribution in [0.3, 0.4) is 0 Å². The Balaban J connectivity index is 2.13. The molecule has 19 heavy (non-hydrogen) atoms. The van der Waals surface area contributed by atoms with Crippen LogP contribution in [-0.4, -0.2) is 14.7 Å². The molecule has 0 unspecified atom stereocenters. The molecule has 0 saturated carbocycles. The number of imidazole rings is 1. The first-order valence-electron chi connectivity index (χ1n) is 6.11. The van der Waals surface area contributed by atoms with Gasteiger partial charge in [0.25, 0.3) is 0 Å². The van der Waals surface area contributed by atoms with Crippen LogP contribution in [0.5, 0.6) is 5.75 Å². The maximum absolute atomic E-state index is 12.0. The van der Waals surface area contributed by atoms with E-state index >= 15 is 0 Å². The van der Waals surface area contributed by atoms with E-state index in [4.69, 9.17) is 0 Å². The third-order valence-corrected chi connectivity index (χ3v) is 3.35. The molecule has 0 aliphatic heterocycles. The van der Waals surface area contributed by atoms with Gasteiger partial charge in [-0.3, -0.25) is 4.57 Å². The van der Waals surface area contributed by atoms with Gasteiger partial charge in [-0.2, -0.15) is 0 Å². The van der Waals surface area contributed by atoms with Crippen molar-refractivity contribution in [3.63, 3.8) is 0 Å². The fourth-order valence-electron chi connectivity index (χ4n) is 2.27. The minimum absolute atomic E-state index is 0.150. The van der Waals surface area contributed by atoms with E-state index in [1.54, 1.807) is 22.8 Å². The molecule has 0 aliphatic rings. The number of H-pyrrole nitrogens is 1. The predicted octanol–water partition coefficient (Wildman–Crippen LogP) is 2.39. The van der Waals surface area contributed by atoms with Crippen LogP contribution in [0.4, 0.5) is 0 Å². The normalized spacial score (nSPS) is 11.0. The number of aromatic hydroxyl groups is 1. The zero-order valence-corrected chi connectivity index (χ0v) is 10.6. The van der Waals surface area contributed by atoms with E-state index in [1.165, 1.54) is 0 Å². The summed E-state index contributed by atoms with van der Waals surface area (Å²) >= 11 is 0. The maximum Gasteiger partial charge on any atom is 0.326 e. The molecule has 4 nitrogen and oxygen atoms in total. The van der Waals surface area contributed by atoms with E-state index in [9.17, 15) is 9.90 Å². The molecule has 0 aliphatic carbocycles. The second-order valence-corrected chi connectivity index (χ2v) is 4.64. The molecule has 4 heteroatoms. The molecular weight excluding hydrogens is 240 g/mol. The van der Waals surface area contributed by atoms with Crippen molar-refractivity contribution in [2.45, 2.75) is 13.5 Å². The quantitative estimate of drug-likeness (QED) is 0.737. The van der Waals surface area contributed by atoms with E-state index in [-0.39, 0.29) is 11.4 Å². The fraction of sp³-hybridized carbons (Fsp3) is 0.133. The zero-order valence-electron chi connectivity index (χ0n) is 10.6. The molecule has 1 aromatic heterocycles. The smallest absolute Gasteiger partial charge is 0.326 e. The van der Waals surface area contributed by atoms with E-state index in [2.05, 4.69) is 4.98 Å². The van der Waals surface area contributed by atoms with Crippen molar-refractivity contribution in [3.8, 4) is 5.75 Å². The van der Waals surface area contributed by atoms with Gasteiger partial charge in [0.1, 0.15) is 5.75 Å². The highest BCUT2D eigenvalue weighted by Crippen LogP contribution is 2.18. The van der Waals surface area contributed by atoms with Crippen molar-refractivity contribution in [1.29, 1.82) is 0 Å². The van der Waals surface area contributed by atoms with Crippen molar-refractivity contribution in [1.82, 2.24) is 9.55 Å². The highest BCUT2D eigenvalue weighted by Gasteiger charge is 2.08. The summed E-state index contributed by atoms with van der Waals surface area (Å²) in [5.41, 5.74) is 3.55. The zero-order chi connectivity index (χ0) is 13.4. The van der Waals surface area contributed by atoms with Crippen LogP contribution in [0, 0.1) is 6.92 Å². The van der Waals surface area contributed by atoms with E-state index < -0.39 is 0 Å². The summed E-state index contributed by atoms with van der Waals surface area (Å²) < 4.78 is 1.68. The molecule has 96 valence electrons. The van der Waals surface area contributed by atoms with Gasteiger partial charge >= 0.3 is 5.69 Å². The summed E-state index contributed by atoms with van der Waals surface area (Å²) in [6, 6.07) is 12.9. The number of rotatable bonds is 2. The van der Waals surface area contributed by atoms with Gasteiger partial charge in [-0.25, -0.2) is 4.79 Å². The molecule has 0 fully saturated rings. The molecule has 0 saturated heterocycles. The number of hydrogen-bond donors (Lipinski definition) is 2. The molecule has 2 N–H and O–H groups in total. The Morgan fingerprint density at radius 3 is 2.79 bits per heavy atom. The lowest BCUT2D eigenvalue weighted by molar-refractivity contribution is 0.476. The molecule has 2 aromatic carbocycles. The molecule has 0 amide bonds. The van der Waals surface area contributed by atoms with Gasteiger partial charge in [0.2, 0.25) is 0 Å². The minimum Gasteiger partial charge on any atom is -0.508 e. The van der Waals surface area contributed by atoms with Gasteiger partial charge in [-0.05, 0) is 30.2 Å². The number of aromatic amines is 1. The van der Waals surface area contributed by atoms with Crippen LogP contribution in [0.25, 0.3) is 11.0 Å². The van der Waals surface area contributed by atoms with Crippen LogP contribution >= 0.6 is 0 Å². The summed E-state index contributed by atoms with van der Waals surface area (Å²) in [5, 5.41) is 9.43. The summed E-state index contributed by atoms with van der Waals surface area (Å²) in [5.74, 6) is 0.150. The largest absolute Gasteiger partial charge is 0.508 e. The number of nitrogens with zero attached hydrogens (tertiary/aromatic N) is 1. The van der Waals surface area contributed by atoms with Gasteiger partial charge in [0.15, 0.2) is 0 Å². The minimum atomic E-state index is -0.163. The number of hydrogen-bond acceptors (Lipinski definition) is 2. The first-order valence-corrected chi connectivity index (χ1v) is 6.11. The van der Waals surface area contributed by atoms with Crippen molar-refractivity contribution in [2.24, 2.45) is 0 Å². The van der Waals surface area contributed by atoms with Crippen LogP contribution in [0.2, 0.25) is 0 Å². The third-order valence-electron chi connectivity index (χ3n) is 3.35. The number of fused-ring (bicyclic) bond motifs is 1. The van der Waals surface area contributed by atoms with Gasteiger partial charge in [-0.15, -0.1) is 0 Å². The summed E-state index contributed by atoms with van der Waals surface area (Å²) in [7, 11) is 0. The molecule has 3 aromatic rings. The Bertz CT molecular complexity index is 799.